The Balaban J connectivity index is 1.62. The van der Waals surface area contributed by atoms with E-state index in [1.807, 2.05) is 6.20 Å². The van der Waals surface area contributed by atoms with Crippen molar-refractivity contribution in [2.24, 2.45) is 4.99 Å². The van der Waals surface area contributed by atoms with Gasteiger partial charge >= 0.3 is 0 Å². The van der Waals surface area contributed by atoms with Crippen LogP contribution >= 0.6 is 0 Å². The van der Waals surface area contributed by atoms with Gasteiger partial charge in [0.1, 0.15) is 11.7 Å². The fraction of sp³-hybridized carbons (Fsp3) is 0.455. The summed E-state index contributed by atoms with van der Waals surface area (Å²) in [6, 6.07) is 13.6. The van der Waals surface area contributed by atoms with Gasteiger partial charge in [0.2, 0.25) is 0 Å². The first-order valence-electron chi connectivity index (χ1n) is 10.1. The number of nitrogens with zero attached hydrogens (tertiary/aromatic N) is 3. The van der Waals surface area contributed by atoms with Crippen molar-refractivity contribution in [2.75, 3.05) is 31.2 Å². The predicted octanol–water partition coefficient (Wildman–Crippen LogP) is 3.25. The van der Waals surface area contributed by atoms with Crippen LogP contribution in [0.15, 0.2) is 47.6 Å². The van der Waals surface area contributed by atoms with Gasteiger partial charge in [0.05, 0.1) is 24.8 Å². The lowest BCUT2D eigenvalue weighted by Gasteiger charge is -2.30. The van der Waals surface area contributed by atoms with Gasteiger partial charge in [-0.3, -0.25) is 4.99 Å². The maximum Gasteiger partial charge on any atom is 0.140 e. The number of ether oxygens (including phenoxy) is 1. The molecule has 2 fully saturated rings. The number of rotatable bonds is 3. The summed E-state index contributed by atoms with van der Waals surface area (Å²) in [4.78, 5) is 12.3. The van der Waals surface area contributed by atoms with Crippen molar-refractivity contribution in [3.05, 3.63) is 48.2 Å². The van der Waals surface area contributed by atoms with Crippen LogP contribution in [0.2, 0.25) is 0 Å². The Morgan fingerprint density at radius 2 is 1.81 bits per heavy atom. The van der Waals surface area contributed by atoms with Crippen molar-refractivity contribution in [1.82, 2.24) is 10.3 Å². The average Bonchev–Trinajstić information content (AvgIpc) is 3.18. The molecule has 1 aromatic carbocycles. The smallest absolute Gasteiger partial charge is 0.140 e. The van der Waals surface area contributed by atoms with E-state index >= 15 is 0 Å². The second-order valence-corrected chi connectivity index (χ2v) is 7.60. The van der Waals surface area contributed by atoms with Crippen LogP contribution in [0.5, 0.6) is 0 Å². The van der Waals surface area contributed by atoms with Crippen LogP contribution < -0.4 is 10.2 Å². The predicted molar refractivity (Wildman–Crippen MR) is 108 cm³/mol. The van der Waals surface area contributed by atoms with E-state index in [1.54, 1.807) is 0 Å². The van der Waals surface area contributed by atoms with E-state index in [0.29, 0.717) is 12.1 Å². The molecule has 1 saturated heterocycles. The first-order valence-corrected chi connectivity index (χ1v) is 10.1. The summed E-state index contributed by atoms with van der Waals surface area (Å²) < 4.78 is 5.56. The maximum absolute atomic E-state index is 5.56. The van der Waals surface area contributed by atoms with Crippen molar-refractivity contribution in [3.8, 4) is 11.1 Å². The van der Waals surface area contributed by atoms with Crippen LogP contribution in [-0.4, -0.2) is 49.2 Å². The van der Waals surface area contributed by atoms with Crippen LogP contribution in [0.3, 0.4) is 0 Å². The highest BCUT2D eigenvalue weighted by Crippen LogP contribution is 2.34. The monoisotopic (exact) mass is 362 g/mol. The van der Waals surface area contributed by atoms with Gasteiger partial charge in [0.25, 0.3) is 0 Å². The topological polar surface area (TPSA) is 49.8 Å². The normalized spacial score (nSPS) is 24.9. The number of nitrogens with one attached hydrogen (secondary N) is 1. The quantitative estimate of drug-likeness (QED) is 0.911. The highest BCUT2D eigenvalue weighted by Gasteiger charge is 2.34. The summed E-state index contributed by atoms with van der Waals surface area (Å²) in [6.07, 6.45) is 6.92. The molecule has 1 aromatic heterocycles. The fourth-order valence-electron chi connectivity index (χ4n) is 4.51. The molecule has 2 atom stereocenters. The highest BCUT2D eigenvalue weighted by atomic mass is 16.5. The molecular weight excluding hydrogens is 336 g/mol. The first kappa shape index (κ1) is 16.8. The molecule has 5 rings (SSSR count). The minimum atomic E-state index is 0.412. The molecule has 3 aliphatic rings. The Morgan fingerprint density at radius 3 is 2.63 bits per heavy atom. The lowest BCUT2D eigenvalue weighted by atomic mass is 9.92. The minimum absolute atomic E-state index is 0.412. The standard InChI is InChI=1S/C22H26N4O/c1-2-6-16(7-3-1)17-10-11-23-22(26-12-14-27-15-13-26)20(17)21-24-18-8-4-5-9-19(18)25-21/h1-3,6-7,10-11,18-19H,4-5,8-9,12-15H2,(H,24,25)/t18-,19-/m1/s1. The van der Waals surface area contributed by atoms with Crippen LogP contribution in [0.1, 0.15) is 31.2 Å². The summed E-state index contributed by atoms with van der Waals surface area (Å²) in [7, 11) is 0. The van der Waals surface area contributed by atoms with E-state index in [2.05, 4.69) is 46.6 Å². The number of aliphatic imine (C=N–C) groups is 1. The van der Waals surface area contributed by atoms with Crippen molar-refractivity contribution in [3.63, 3.8) is 0 Å². The molecule has 5 nitrogen and oxygen atoms in total. The molecule has 0 unspecified atom stereocenters. The SMILES string of the molecule is c1ccc(-c2ccnc(N3CCOCC3)c2C2=N[C@@H]3CCCC[C@H]3N2)cc1. The van der Waals surface area contributed by atoms with Crippen LogP contribution in [-0.2, 0) is 4.74 Å². The Bertz CT molecular complexity index is 829. The lowest BCUT2D eigenvalue weighted by molar-refractivity contribution is 0.122. The van der Waals surface area contributed by atoms with Gasteiger partial charge in [-0.2, -0.15) is 0 Å². The number of hydrogen-bond acceptors (Lipinski definition) is 5. The van der Waals surface area contributed by atoms with Crippen molar-refractivity contribution in [2.45, 2.75) is 37.8 Å². The Morgan fingerprint density at radius 1 is 1.00 bits per heavy atom. The molecule has 0 spiro atoms. The van der Waals surface area contributed by atoms with Crippen molar-refractivity contribution >= 4 is 11.7 Å². The van der Waals surface area contributed by atoms with Crippen molar-refractivity contribution < 1.29 is 4.74 Å². The second kappa shape index (κ2) is 7.31. The average molecular weight is 362 g/mol. The summed E-state index contributed by atoms with van der Waals surface area (Å²) in [6.45, 7) is 3.25. The second-order valence-electron chi connectivity index (χ2n) is 7.60. The number of pyridine rings is 1. The van der Waals surface area contributed by atoms with Crippen molar-refractivity contribution in [1.29, 1.82) is 0 Å². The van der Waals surface area contributed by atoms with Gasteiger partial charge in [-0.25, -0.2) is 4.98 Å². The van der Waals surface area contributed by atoms with E-state index in [0.717, 1.165) is 43.5 Å². The van der Waals surface area contributed by atoms with E-state index < -0.39 is 0 Å². The zero-order valence-electron chi connectivity index (χ0n) is 15.6. The van der Waals surface area contributed by atoms with Crippen LogP contribution in [0, 0.1) is 0 Å². The van der Waals surface area contributed by atoms with Crippen LogP contribution in [0.4, 0.5) is 5.82 Å². The Kier molecular flexibility index (Phi) is 4.54. The largest absolute Gasteiger partial charge is 0.378 e. The number of aromatic nitrogens is 1. The van der Waals surface area contributed by atoms with Gasteiger partial charge in [-0.15, -0.1) is 0 Å². The number of benzene rings is 1. The fourth-order valence-corrected chi connectivity index (χ4v) is 4.51. The summed E-state index contributed by atoms with van der Waals surface area (Å²) in [5.41, 5.74) is 3.57. The first-order chi connectivity index (χ1) is 13.4. The Labute approximate surface area is 160 Å². The zero-order chi connectivity index (χ0) is 18.1. The van der Waals surface area contributed by atoms with Gasteiger partial charge < -0.3 is 15.0 Å². The molecule has 140 valence electrons. The molecule has 0 radical (unpaired) electrons. The third-order valence-electron chi connectivity index (χ3n) is 5.91. The number of fused-ring (bicyclic) bond motifs is 1. The molecule has 1 N–H and O–H groups in total. The van der Waals surface area contributed by atoms with E-state index in [1.165, 1.54) is 36.8 Å². The number of amidine groups is 1. The lowest BCUT2D eigenvalue weighted by Crippen LogP contribution is -2.40. The molecule has 1 saturated carbocycles. The minimum Gasteiger partial charge on any atom is -0.378 e. The Hall–Kier alpha value is -2.40. The third kappa shape index (κ3) is 3.21. The summed E-state index contributed by atoms with van der Waals surface area (Å²) in [5.74, 6) is 2.06. The van der Waals surface area contributed by atoms with Gasteiger partial charge in [-0.05, 0) is 30.0 Å². The van der Waals surface area contributed by atoms with Gasteiger partial charge in [-0.1, -0.05) is 43.2 Å². The van der Waals surface area contributed by atoms with Crippen LogP contribution in [0.25, 0.3) is 11.1 Å². The highest BCUT2D eigenvalue weighted by molar-refractivity contribution is 6.09. The van der Waals surface area contributed by atoms with E-state index in [4.69, 9.17) is 14.7 Å². The maximum atomic E-state index is 5.56. The molecule has 0 bridgehead atoms. The number of hydrogen-bond donors (Lipinski definition) is 1. The summed E-state index contributed by atoms with van der Waals surface area (Å²) >= 11 is 0. The van der Waals surface area contributed by atoms with E-state index in [-0.39, 0.29) is 0 Å². The molecule has 2 aromatic rings. The zero-order valence-corrected chi connectivity index (χ0v) is 15.6. The molecule has 0 amide bonds. The third-order valence-corrected chi connectivity index (χ3v) is 5.91. The number of morpholine rings is 1. The molecule has 2 aliphatic heterocycles. The van der Waals surface area contributed by atoms with Gasteiger partial charge in [0.15, 0.2) is 0 Å². The molecule has 5 heteroatoms. The molecule has 1 aliphatic carbocycles. The summed E-state index contributed by atoms with van der Waals surface area (Å²) in [5, 5.41) is 3.75. The number of anilines is 1. The molecule has 3 heterocycles. The van der Waals surface area contributed by atoms with Gasteiger partial charge in [0, 0.05) is 25.3 Å². The molecular formula is C22H26N4O. The molecule has 27 heavy (non-hydrogen) atoms. The van der Waals surface area contributed by atoms with E-state index in [9.17, 15) is 0 Å².